The molecule has 0 radical (unpaired) electrons. The summed E-state index contributed by atoms with van der Waals surface area (Å²) >= 11 is 0. The molecule has 2 unspecified atom stereocenters. The van der Waals surface area contributed by atoms with Gasteiger partial charge in [-0.05, 0) is 67.4 Å². The lowest BCUT2D eigenvalue weighted by atomic mass is 9.90. The number of carbonyl (C=O) groups excluding carboxylic acids is 1. The normalized spacial score (nSPS) is 13.6. The first-order valence-corrected chi connectivity index (χ1v) is 11.6. The van der Waals surface area contributed by atoms with E-state index in [1.807, 2.05) is 0 Å². The first-order chi connectivity index (χ1) is 18.0. The number of benzene rings is 2. The van der Waals surface area contributed by atoms with E-state index in [-0.39, 0.29) is 40.8 Å². The van der Waals surface area contributed by atoms with E-state index >= 15 is 0 Å². The van der Waals surface area contributed by atoms with Crippen molar-refractivity contribution in [3.05, 3.63) is 71.2 Å². The first-order valence-electron chi connectivity index (χ1n) is 11.6. The van der Waals surface area contributed by atoms with Gasteiger partial charge >= 0.3 is 0 Å². The lowest BCUT2D eigenvalue weighted by Gasteiger charge is -2.27. The number of aromatic nitrogens is 1. The molecule has 38 heavy (non-hydrogen) atoms. The Morgan fingerprint density at radius 1 is 1.05 bits per heavy atom. The molecular formula is C27H29F3N2O6. The minimum absolute atomic E-state index is 0.140. The Kier molecular flexibility index (Phi) is 9.31. The molecule has 3 rings (SSSR count). The topological polar surface area (TPSA) is 124 Å². The average Bonchev–Trinajstić information content (AvgIpc) is 2.91. The smallest absolute Gasteiger partial charge is 0.272 e. The third kappa shape index (κ3) is 6.42. The zero-order chi connectivity index (χ0) is 28.0. The highest BCUT2D eigenvalue weighted by Gasteiger charge is 2.42. The number of alkyl halides is 2. The third-order valence-corrected chi connectivity index (χ3v) is 5.94. The SMILES string of the molecule is COc1cc(C(=O)CCC(O)(c2ccc(OC)c(-c3ccc(F)c(C)c3)n2)C(F)F)ccc1OCC(N)O. The predicted molar refractivity (Wildman–Crippen MR) is 133 cm³/mol. The Balaban J connectivity index is 1.88. The van der Waals surface area contributed by atoms with Gasteiger partial charge in [0.05, 0.1) is 19.9 Å². The van der Waals surface area contributed by atoms with Crippen LogP contribution in [0.4, 0.5) is 13.2 Å². The zero-order valence-electron chi connectivity index (χ0n) is 21.1. The molecule has 0 aliphatic heterocycles. The van der Waals surface area contributed by atoms with Crippen LogP contribution in [0.5, 0.6) is 17.2 Å². The molecule has 0 aliphatic carbocycles. The number of aliphatic hydroxyl groups excluding tert-OH is 1. The summed E-state index contributed by atoms with van der Waals surface area (Å²) in [5, 5.41) is 20.2. The minimum Gasteiger partial charge on any atom is -0.494 e. The van der Waals surface area contributed by atoms with Gasteiger partial charge in [0.15, 0.2) is 22.9 Å². The summed E-state index contributed by atoms with van der Waals surface area (Å²) < 4.78 is 58.0. The van der Waals surface area contributed by atoms with Crippen LogP contribution in [-0.2, 0) is 5.60 Å². The Bertz CT molecular complexity index is 1290. The summed E-state index contributed by atoms with van der Waals surface area (Å²) in [5.74, 6) is -0.334. The molecule has 0 saturated heterocycles. The summed E-state index contributed by atoms with van der Waals surface area (Å²) in [5.41, 5.74) is 3.15. The molecule has 204 valence electrons. The minimum atomic E-state index is -3.27. The molecule has 3 aromatic rings. The van der Waals surface area contributed by atoms with Crippen LogP contribution >= 0.6 is 0 Å². The molecule has 0 spiro atoms. The number of aryl methyl sites for hydroxylation is 1. The summed E-state index contributed by atoms with van der Waals surface area (Å²) in [7, 11) is 2.72. The van der Waals surface area contributed by atoms with Gasteiger partial charge in [0.2, 0.25) is 0 Å². The number of methoxy groups -OCH3 is 2. The highest BCUT2D eigenvalue weighted by Crippen LogP contribution is 2.37. The number of Topliss-reactive ketones (excluding diaryl/α,β-unsaturated/α-hetero) is 1. The molecule has 0 bridgehead atoms. The van der Waals surface area contributed by atoms with Gasteiger partial charge in [-0.15, -0.1) is 0 Å². The molecule has 2 aromatic carbocycles. The quantitative estimate of drug-likeness (QED) is 0.236. The largest absolute Gasteiger partial charge is 0.494 e. The summed E-state index contributed by atoms with van der Waals surface area (Å²) in [6.07, 6.45) is -5.56. The Morgan fingerprint density at radius 3 is 2.34 bits per heavy atom. The second-order valence-electron chi connectivity index (χ2n) is 8.60. The average molecular weight is 535 g/mol. The fourth-order valence-electron chi connectivity index (χ4n) is 3.78. The van der Waals surface area contributed by atoms with Crippen molar-refractivity contribution in [2.45, 2.75) is 38.0 Å². The number of nitrogens with two attached hydrogens (primary N) is 1. The maximum atomic E-state index is 14.2. The number of ether oxygens (including phenoxy) is 3. The number of carbonyl (C=O) groups is 1. The van der Waals surface area contributed by atoms with Crippen LogP contribution < -0.4 is 19.9 Å². The molecule has 0 amide bonds. The molecule has 8 nitrogen and oxygen atoms in total. The van der Waals surface area contributed by atoms with E-state index in [9.17, 15) is 28.2 Å². The van der Waals surface area contributed by atoms with Gasteiger partial charge < -0.3 is 30.2 Å². The number of aliphatic hydroxyl groups is 2. The van der Waals surface area contributed by atoms with Gasteiger partial charge in [-0.1, -0.05) is 0 Å². The highest BCUT2D eigenvalue weighted by molar-refractivity contribution is 5.96. The molecule has 0 fully saturated rings. The Morgan fingerprint density at radius 2 is 1.74 bits per heavy atom. The standard InChI is InChI=1S/C27H29F3N2O6/c1-15-12-17(4-6-18(15)28)25-21(36-2)8-9-23(32-25)27(35,26(29)30)11-10-19(33)16-5-7-20(22(13-16)37-3)38-14-24(31)34/h4-9,12-13,24,26,34-35H,10-11,14,31H2,1-3H3. The van der Waals surface area contributed by atoms with Gasteiger partial charge in [0.1, 0.15) is 30.1 Å². The molecule has 4 N–H and O–H groups in total. The van der Waals surface area contributed by atoms with E-state index in [0.717, 1.165) is 0 Å². The highest BCUT2D eigenvalue weighted by atomic mass is 19.3. The van der Waals surface area contributed by atoms with Crippen molar-refractivity contribution in [1.29, 1.82) is 0 Å². The fraction of sp³-hybridized carbons (Fsp3) is 0.333. The third-order valence-electron chi connectivity index (χ3n) is 5.94. The van der Waals surface area contributed by atoms with E-state index in [1.54, 1.807) is 6.92 Å². The van der Waals surface area contributed by atoms with Gasteiger partial charge in [-0.25, -0.2) is 18.2 Å². The van der Waals surface area contributed by atoms with Crippen molar-refractivity contribution in [2.75, 3.05) is 20.8 Å². The number of pyridine rings is 1. The number of hydrogen-bond acceptors (Lipinski definition) is 8. The van der Waals surface area contributed by atoms with Crippen LogP contribution in [0.15, 0.2) is 48.5 Å². The molecule has 11 heteroatoms. The second kappa shape index (κ2) is 12.2. The van der Waals surface area contributed by atoms with Gasteiger partial charge in [-0.2, -0.15) is 0 Å². The molecule has 1 heterocycles. The van der Waals surface area contributed by atoms with Crippen molar-refractivity contribution in [2.24, 2.45) is 5.73 Å². The molecule has 2 atom stereocenters. The number of nitrogens with zero attached hydrogens (tertiary/aromatic N) is 1. The molecule has 1 aromatic heterocycles. The van der Waals surface area contributed by atoms with Crippen molar-refractivity contribution in [1.82, 2.24) is 4.98 Å². The van der Waals surface area contributed by atoms with E-state index in [4.69, 9.17) is 19.9 Å². The summed E-state index contributed by atoms with van der Waals surface area (Å²) in [4.78, 5) is 17.1. The molecule has 0 aliphatic rings. The Hall–Kier alpha value is -3.67. The maximum Gasteiger partial charge on any atom is 0.272 e. The molecular weight excluding hydrogens is 505 g/mol. The van der Waals surface area contributed by atoms with Gasteiger partial charge in [0, 0.05) is 17.5 Å². The first kappa shape index (κ1) is 28.9. The van der Waals surface area contributed by atoms with Gasteiger partial charge in [0.25, 0.3) is 6.43 Å². The number of rotatable bonds is 12. The van der Waals surface area contributed by atoms with Crippen molar-refractivity contribution in [3.63, 3.8) is 0 Å². The maximum absolute atomic E-state index is 14.2. The van der Waals surface area contributed by atoms with Crippen LogP contribution in [0.1, 0.15) is 34.5 Å². The lowest BCUT2D eigenvalue weighted by Crippen LogP contribution is -2.36. The monoisotopic (exact) mass is 534 g/mol. The summed E-state index contributed by atoms with van der Waals surface area (Å²) in [6.45, 7) is 1.34. The van der Waals surface area contributed by atoms with Crippen LogP contribution in [-0.4, -0.2) is 54.5 Å². The van der Waals surface area contributed by atoms with Crippen LogP contribution in [0.25, 0.3) is 11.3 Å². The second-order valence-corrected chi connectivity index (χ2v) is 8.60. The van der Waals surface area contributed by atoms with Gasteiger partial charge in [-0.3, -0.25) is 4.79 Å². The van der Waals surface area contributed by atoms with Crippen molar-refractivity contribution < 1.29 is 42.4 Å². The summed E-state index contributed by atoms with van der Waals surface area (Å²) in [6, 6.07) is 10.9. The number of halogens is 3. The van der Waals surface area contributed by atoms with Crippen molar-refractivity contribution in [3.8, 4) is 28.5 Å². The fourth-order valence-corrected chi connectivity index (χ4v) is 3.78. The predicted octanol–water partition coefficient (Wildman–Crippen LogP) is 3.99. The van der Waals surface area contributed by atoms with Crippen molar-refractivity contribution >= 4 is 5.78 Å². The number of hydrogen-bond donors (Lipinski definition) is 3. The van der Waals surface area contributed by atoms with E-state index in [1.165, 1.54) is 62.8 Å². The van der Waals surface area contributed by atoms with Crippen LogP contribution in [0.3, 0.4) is 0 Å². The van der Waals surface area contributed by atoms with Crippen LogP contribution in [0.2, 0.25) is 0 Å². The number of ketones is 1. The zero-order valence-corrected chi connectivity index (χ0v) is 21.1. The van der Waals surface area contributed by atoms with E-state index < -0.39 is 42.7 Å². The van der Waals surface area contributed by atoms with Crippen LogP contribution in [0, 0.1) is 12.7 Å². The van der Waals surface area contributed by atoms with E-state index in [0.29, 0.717) is 11.1 Å². The molecule has 0 saturated carbocycles. The van der Waals surface area contributed by atoms with E-state index in [2.05, 4.69) is 4.98 Å². The lowest BCUT2D eigenvalue weighted by molar-refractivity contribution is -0.109. The Labute approximate surface area is 217 Å².